The van der Waals surface area contributed by atoms with Gasteiger partial charge in [-0.1, -0.05) is 157 Å². The SMILES string of the molecule is C.C.CCCCCCCC(=O)Oc1cc2c(cc1OC)[C@@]1(CS[C@@H]3c4c(OC(C)=O)c(C)c5c(c4[C@H](COC1=O)N1C3[C@@H]3N[C@@H](Cc4cc(C)c(OC)c(OC(=O)CCCCCCC)c43)[C@@H]1C#N)OCO5)NCC2.CCCCCCCC(=O)Oc1cc2c(cc1OC)[C@@]1(CS[C@@H]3c4c(OC(C)=O)c(C)c5c(c4[C@H](COC1=O)N1C3[C@@H]3N[C@@H](Cc4cc(C)c(OC)c(OC(=O)CCCCCCC)c43)[C@@H]1O)OCO5)NCC2. The first kappa shape index (κ1) is 109. The summed E-state index contributed by atoms with van der Waals surface area (Å²) in [6.45, 7) is 19.0. The van der Waals surface area contributed by atoms with Gasteiger partial charge in [-0.05, 0) is 148 Å². The first-order valence-corrected chi connectivity index (χ1v) is 53.5. The summed E-state index contributed by atoms with van der Waals surface area (Å²) in [7, 11) is 6.16. The van der Waals surface area contributed by atoms with Crippen molar-refractivity contribution >= 4 is 71.3 Å². The molecule has 2 unspecified atom stereocenters. The number of hydrogen-bond donors (Lipinski definition) is 5. The third-order valence-electron chi connectivity index (χ3n) is 30.4. The molecule has 786 valence electrons. The summed E-state index contributed by atoms with van der Waals surface area (Å²) in [6, 6.07) is 8.18. The Morgan fingerprint density at radius 1 is 0.434 bits per heavy atom. The van der Waals surface area contributed by atoms with Crippen LogP contribution in [0.2, 0.25) is 0 Å². The number of unbranched alkanes of at least 4 members (excludes halogenated alkanes) is 16. The fourth-order valence-corrected chi connectivity index (χ4v) is 27.3. The minimum Gasteiger partial charge on any atom is -0.493 e. The average molecular weight is 2040 g/mol. The molecule has 4 saturated heterocycles. The lowest BCUT2D eigenvalue weighted by Crippen LogP contribution is -2.70. The summed E-state index contributed by atoms with van der Waals surface area (Å²) < 4.78 is 99.2. The summed E-state index contributed by atoms with van der Waals surface area (Å²) in [5.74, 6) is 1.70. The first-order chi connectivity index (χ1) is 69.2. The molecule has 0 amide bonds. The van der Waals surface area contributed by atoms with Crippen molar-refractivity contribution in [2.24, 2.45) is 0 Å². The molecule has 2 spiro atoms. The van der Waals surface area contributed by atoms with Crippen LogP contribution < -0.4 is 87.6 Å². The molecular weight excluding hydrogens is 1900 g/mol. The van der Waals surface area contributed by atoms with Crippen LogP contribution in [0, 0.1) is 39.0 Å². The van der Waals surface area contributed by atoms with Crippen LogP contribution in [-0.4, -0.2) is 179 Å². The smallest absolute Gasteiger partial charge is 0.331 e. The number of carbonyl (C=O) groups excluding carboxylic acids is 8. The number of methoxy groups -OCH3 is 4. The van der Waals surface area contributed by atoms with E-state index in [1.54, 1.807) is 38.5 Å². The highest BCUT2D eigenvalue weighted by Gasteiger charge is 2.64. The minimum atomic E-state index is -1.44. The number of aryl methyl sites for hydroxylation is 2. The second-order valence-corrected chi connectivity index (χ2v) is 41.9. The van der Waals surface area contributed by atoms with Crippen LogP contribution in [0.1, 0.15) is 334 Å². The number of nitrogens with zero attached hydrogens (tertiary/aromatic N) is 3. The molecule has 34 heteroatoms. The van der Waals surface area contributed by atoms with Crippen molar-refractivity contribution in [2.45, 2.75) is 346 Å². The minimum absolute atomic E-state index is 0. The van der Waals surface area contributed by atoms with Crippen LogP contribution >= 0.6 is 23.5 Å². The van der Waals surface area contributed by atoms with Crippen molar-refractivity contribution in [1.29, 1.82) is 5.26 Å². The lowest BCUT2D eigenvalue weighted by atomic mass is 9.72. The topological polar surface area (TPSA) is 383 Å². The Kier molecular flexibility index (Phi) is 35.4. The van der Waals surface area contributed by atoms with Gasteiger partial charge in [0.25, 0.3) is 0 Å². The fraction of sp³-hybridized carbons (Fsp3) is 0.595. The zero-order valence-electron chi connectivity index (χ0n) is 84.8. The maximum Gasteiger partial charge on any atom is 0.331 e. The molecule has 32 nitrogen and oxygen atoms in total. The van der Waals surface area contributed by atoms with Gasteiger partial charge in [-0.15, -0.1) is 23.5 Å². The Morgan fingerprint density at radius 3 is 1.19 bits per heavy atom. The van der Waals surface area contributed by atoms with E-state index in [1.165, 1.54) is 51.6 Å². The van der Waals surface area contributed by atoms with Gasteiger partial charge >= 0.3 is 47.8 Å². The lowest BCUT2D eigenvalue weighted by Gasteiger charge is -2.59. The third kappa shape index (κ3) is 21.0. The van der Waals surface area contributed by atoms with Crippen molar-refractivity contribution in [3.8, 4) is 86.6 Å². The normalized spacial score (nSPS) is 24.3. The Balaban J connectivity index is 0.000000215. The highest BCUT2D eigenvalue weighted by Crippen LogP contribution is 2.67. The molecule has 20 rings (SSSR count). The Bertz CT molecular complexity index is 5910. The molecule has 145 heavy (non-hydrogen) atoms. The van der Waals surface area contributed by atoms with Crippen LogP contribution in [0.3, 0.4) is 0 Å². The van der Waals surface area contributed by atoms with Gasteiger partial charge in [0.2, 0.25) is 13.6 Å². The van der Waals surface area contributed by atoms with Crippen LogP contribution in [0.25, 0.3) is 0 Å². The van der Waals surface area contributed by atoms with Gasteiger partial charge in [0, 0.05) is 127 Å². The second-order valence-electron chi connectivity index (χ2n) is 39.6. The van der Waals surface area contributed by atoms with E-state index >= 15 is 9.59 Å². The van der Waals surface area contributed by atoms with Gasteiger partial charge in [-0.3, -0.25) is 49.2 Å². The Morgan fingerprint density at radius 2 is 0.807 bits per heavy atom. The average Bonchev–Trinajstić information content (AvgIpc) is 1.32. The van der Waals surface area contributed by atoms with Crippen molar-refractivity contribution < 1.29 is 119 Å². The number of aliphatic hydroxyl groups excluding tert-OH is 1. The van der Waals surface area contributed by atoms with Crippen LogP contribution in [0.4, 0.5) is 0 Å². The number of ether oxygens (including phenoxy) is 16. The highest BCUT2D eigenvalue weighted by atomic mass is 32.2. The number of rotatable bonds is 34. The van der Waals surface area contributed by atoms with E-state index in [9.17, 15) is 39.1 Å². The van der Waals surface area contributed by atoms with Crippen LogP contribution in [0.5, 0.6) is 80.5 Å². The molecule has 4 fully saturated rings. The van der Waals surface area contributed by atoms with Gasteiger partial charge < -0.3 is 91.5 Å². The number of benzene rings is 6. The molecular formula is C111H145N7O25S2. The monoisotopic (exact) mass is 2040 g/mol. The van der Waals surface area contributed by atoms with E-state index in [0.717, 1.165) is 160 Å². The molecule has 5 N–H and O–H groups in total. The van der Waals surface area contributed by atoms with Gasteiger partial charge in [-0.2, -0.15) is 5.26 Å². The number of piperazine rings is 2. The summed E-state index contributed by atoms with van der Waals surface area (Å²) in [5, 5.41) is 37.6. The molecule has 0 radical (unpaired) electrons. The number of hydrogen-bond acceptors (Lipinski definition) is 34. The predicted molar refractivity (Wildman–Crippen MR) is 546 cm³/mol. The number of nitriles is 1. The van der Waals surface area contributed by atoms with E-state index < -0.39 is 106 Å². The standard InChI is InChI=1S/C55H68N4O12S.C54H69N3O13S.2CH4/c1-8-10-12-14-16-18-41(61)70-40-24-33-20-21-57-55(35(33)25-39(40)64-6)28-72-53-45-44(51-50(67-29-68-51)31(4)49(45)69-32(5)60)38(27-66-54(55)63)59-37(26-56)36-23-34-22-30(3)48(65-7)52(43(34)46(58-36)47(53)59)71-42(62)19-17-15-13-11-9-2;1-8-10-12-14-16-18-39(59)69-38-24-32-20-21-55-54(34(32)25-37(38)63-6)27-71-51-43-42(49-48(66-28-67-49)30(4)47(43)68-31(5)58)36(26-65-53(54)62)57-45(51)44-41-33(23-35(56-44)52(57)61)22-29(3)46(64-7)50(41)70-40(60)19-17-15-13-11-9-2;;/h22,24-25,36-38,46-47,53,57-58H,8-21,23,27-29H2,1-7H3;22,24-25,35-36,44-45,51-52,55-56,61H,8-21,23,26-28H2,1-7H3;2*1H4/t36-,37-,38-,46+,47?,53+,55+;35-,36-,44+,45?,51+,52-,54+;;/m00../s1. The number of carbonyl (C=O) groups is 8. The lowest BCUT2D eigenvalue weighted by molar-refractivity contribution is -0.164. The van der Waals surface area contributed by atoms with Gasteiger partial charge in [0.05, 0.1) is 75.2 Å². The Labute approximate surface area is 859 Å². The molecule has 0 aliphatic carbocycles. The summed E-state index contributed by atoms with van der Waals surface area (Å²) in [5.41, 5.74) is 8.57. The maximum atomic E-state index is 15.3. The van der Waals surface area contributed by atoms with Gasteiger partial charge in [0.15, 0.2) is 80.1 Å². The fourth-order valence-electron chi connectivity index (χ4n) is 23.8. The molecule has 14 aliphatic heterocycles. The van der Waals surface area contributed by atoms with E-state index in [0.29, 0.717) is 165 Å². The molecule has 6 aromatic rings. The van der Waals surface area contributed by atoms with Crippen molar-refractivity contribution in [3.05, 3.63) is 125 Å². The molecule has 14 heterocycles. The largest absolute Gasteiger partial charge is 0.493 e. The van der Waals surface area contributed by atoms with E-state index in [4.69, 9.17) is 75.8 Å². The van der Waals surface area contributed by atoms with Crippen molar-refractivity contribution in [3.63, 3.8) is 0 Å². The van der Waals surface area contributed by atoms with Crippen LogP contribution in [-0.2, 0) is 84.6 Å². The summed E-state index contributed by atoms with van der Waals surface area (Å²) >= 11 is 2.93. The van der Waals surface area contributed by atoms with Crippen molar-refractivity contribution in [1.82, 2.24) is 31.1 Å². The number of fused-ring (bicyclic) bond motifs is 18. The number of nitrogens with one attached hydrogen (secondary N) is 4. The highest BCUT2D eigenvalue weighted by molar-refractivity contribution is 7.99. The number of esters is 8. The maximum absolute atomic E-state index is 15.3. The zero-order chi connectivity index (χ0) is 101. The predicted octanol–water partition coefficient (Wildman–Crippen LogP) is 18.2. The van der Waals surface area contributed by atoms with E-state index in [1.807, 2.05) is 32.6 Å². The molecule has 0 saturated carbocycles. The van der Waals surface area contributed by atoms with Crippen LogP contribution in [0.15, 0.2) is 36.4 Å². The van der Waals surface area contributed by atoms with E-state index in [2.05, 4.69) is 72.1 Å². The second kappa shape index (κ2) is 47.3. The Hall–Kier alpha value is -10.6. The first-order valence-electron chi connectivity index (χ1n) is 51.4. The quantitative estimate of drug-likeness (QED) is 0.0142. The van der Waals surface area contributed by atoms with Gasteiger partial charge in [-0.25, -0.2) is 9.59 Å². The molecule has 8 bridgehead atoms. The van der Waals surface area contributed by atoms with Crippen molar-refractivity contribution in [2.75, 3.05) is 79.8 Å². The number of aliphatic hydroxyl groups is 1. The summed E-state index contributed by atoms with van der Waals surface area (Å²) in [4.78, 5) is 115. The van der Waals surface area contributed by atoms with Gasteiger partial charge in [0.1, 0.15) is 37.0 Å². The molecule has 14 aliphatic rings. The zero-order valence-corrected chi connectivity index (χ0v) is 86.4. The molecule has 0 aromatic heterocycles. The molecule has 14 atom stereocenters. The summed E-state index contributed by atoms with van der Waals surface area (Å²) in [6.07, 6.45) is 21.4. The molecule has 6 aromatic carbocycles. The number of thioether (sulfide) groups is 2. The van der Waals surface area contributed by atoms with E-state index in [-0.39, 0.29) is 114 Å². The third-order valence-corrected chi connectivity index (χ3v) is 33.4.